The minimum atomic E-state index is -3.62. The molecule has 0 radical (unpaired) electrons. The highest BCUT2D eigenvalue weighted by atomic mass is 31.2. The molecule has 2 heterocycles. The van der Waals surface area contributed by atoms with Gasteiger partial charge in [-0.1, -0.05) is 18.2 Å². The highest BCUT2D eigenvalue weighted by Gasteiger charge is 2.36. The quantitative estimate of drug-likeness (QED) is 0.786. The van der Waals surface area contributed by atoms with E-state index in [1.807, 2.05) is 13.0 Å². The van der Waals surface area contributed by atoms with Crippen molar-refractivity contribution in [3.8, 4) is 11.5 Å². The average Bonchev–Trinajstić information content (AvgIpc) is 2.40. The Kier molecular flexibility index (Phi) is 3.01. The van der Waals surface area contributed by atoms with Gasteiger partial charge in [0.25, 0.3) is 0 Å². The van der Waals surface area contributed by atoms with E-state index in [0.29, 0.717) is 17.2 Å². The van der Waals surface area contributed by atoms with E-state index in [9.17, 15) is 4.57 Å². The Hall–Kier alpha value is -1.84. The number of fused-ring (bicyclic) bond motifs is 1. The maximum absolute atomic E-state index is 12.4. The fourth-order valence-corrected chi connectivity index (χ4v) is 2.94. The largest absolute Gasteiger partial charge is 0.588 e. The highest BCUT2D eigenvalue weighted by Crippen LogP contribution is 2.53. The number of benzene rings is 1. The van der Waals surface area contributed by atoms with Gasteiger partial charge >= 0.3 is 7.82 Å². The van der Waals surface area contributed by atoms with E-state index in [1.54, 1.807) is 36.4 Å². The van der Waals surface area contributed by atoms with Gasteiger partial charge in [-0.2, -0.15) is 0 Å². The molecule has 1 unspecified atom stereocenters. The Balaban J connectivity index is 1.84. The SMILES string of the molecule is Cc1ccc2c(n1)COP(=O)(Oc1ccccc1)O2. The van der Waals surface area contributed by atoms with E-state index in [2.05, 4.69) is 4.98 Å². The van der Waals surface area contributed by atoms with Gasteiger partial charge in [0, 0.05) is 5.69 Å². The van der Waals surface area contributed by atoms with Crippen LogP contribution in [0.1, 0.15) is 11.4 Å². The molecule has 1 aliphatic heterocycles. The number of phosphoric ester groups is 1. The summed E-state index contributed by atoms with van der Waals surface area (Å²) in [4.78, 5) is 4.26. The van der Waals surface area contributed by atoms with Crippen LogP contribution in [0.4, 0.5) is 0 Å². The van der Waals surface area contributed by atoms with Crippen LogP contribution in [-0.4, -0.2) is 4.98 Å². The first-order valence-corrected chi connectivity index (χ1v) is 7.26. The number of aryl methyl sites for hydroxylation is 1. The molecule has 1 aromatic heterocycles. The van der Waals surface area contributed by atoms with Crippen molar-refractivity contribution in [2.45, 2.75) is 13.5 Å². The summed E-state index contributed by atoms with van der Waals surface area (Å²) in [6.45, 7) is 1.98. The number of para-hydroxylation sites is 1. The van der Waals surface area contributed by atoms with Crippen molar-refractivity contribution in [3.63, 3.8) is 0 Å². The van der Waals surface area contributed by atoms with Crippen molar-refractivity contribution in [3.05, 3.63) is 53.9 Å². The monoisotopic (exact) mass is 277 g/mol. The molecule has 6 heteroatoms. The second kappa shape index (κ2) is 4.68. The van der Waals surface area contributed by atoms with Gasteiger partial charge in [-0.15, -0.1) is 0 Å². The third kappa shape index (κ3) is 2.62. The first-order valence-electron chi connectivity index (χ1n) is 5.80. The summed E-state index contributed by atoms with van der Waals surface area (Å²) in [5, 5.41) is 0. The zero-order valence-corrected chi connectivity index (χ0v) is 11.2. The summed E-state index contributed by atoms with van der Waals surface area (Å²) in [6.07, 6.45) is 0. The van der Waals surface area contributed by atoms with Gasteiger partial charge in [-0.05, 0) is 31.2 Å². The van der Waals surface area contributed by atoms with Crippen LogP contribution in [0.25, 0.3) is 0 Å². The van der Waals surface area contributed by atoms with Crippen molar-refractivity contribution in [2.75, 3.05) is 0 Å². The van der Waals surface area contributed by atoms with E-state index in [-0.39, 0.29) is 6.61 Å². The predicted molar refractivity (Wildman–Crippen MR) is 69.1 cm³/mol. The van der Waals surface area contributed by atoms with Crippen molar-refractivity contribution in [2.24, 2.45) is 0 Å². The molecule has 0 spiro atoms. The lowest BCUT2D eigenvalue weighted by atomic mass is 10.3. The molecule has 1 aliphatic rings. The minimum absolute atomic E-state index is 0.112. The molecule has 0 saturated heterocycles. The molecular weight excluding hydrogens is 265 g/mol. The van der Waals surface area contributed by atoms with Gasteiger partial charge in [0.15, 0.2) is 5.75 Å². The maximum atomic E-state index is 12.4. The molecule has 1 aromatic carbocycles. The van der Waals surface area contributed by atoms with Crippen LogP contribution in [0.5, 0.6) is 11.5 Å². The van der Waals surface area contributed by atoms with Gasteiger partial charge in [-0.3, -0.25) is 9.51 Å². The van der Waals surface area contributed by atoms with E-state index in [4.69, 9.17) is 13.6 Å². The molecule has 1 atom stereocenters. The minimum Gasteiger partial charge on any atom is -0.395 e. The number of phosphoric acid groups is 1. The molecule has 0 amide bonds. The lowest BCUT2D eigenvalue weighted by Crippen LogP contribution is -2.13. The molecule has 98 valence electrons. The third-order valence-corrected chi connectivity index (χ3v) is 3.90. The van der Waals surface area contributed by atoms with Gasteiger partial charge in [0.2, 0.25) is 0 Å². The Morgan fingerprint density at radius 3 is 2.79 bits per heavy atom. The molecule has 0 fully saturated rings. The van der Waals surface area contributed by atoms with Crippen molar-refractivity contribution >= 4 is 7.82 Å². The van der Waals surface area contributed by atoms with Crippen LogP contribution in [0.15, 0.2) is 42.5 Å². The number of pyridine rings is 1. The fraction of sp³-hybridized carbons (Fsp3) is 0.154. The van der Waals surface area contributed by atoms with Crippen LogP contribution in [0, 0.1) is 6.92 Å². The summed E-state index contributed by atoms with van der Waals surface area (Å²) >= 11 is 0. The van der Waals surface area contributed by atoms with Crippen LogP contribution >= 0.6 is 7.82 Å². The molecular formula is C13H12NO4P. The smallest absolute Gasteiger partial charge is 0.395 e. The summed E-state index contributed by atoms with van der Waals surface area (Å²) in [5.41, 5.74) is 1.48. The number of hydrogen-bond donors (Lipinski definition) is 0. The van der Waals surface area contributed by atoms with Crippen molar-refractivity contribution < 1.29 is 18.1 Å². The van der Waals surface area contributed by atoms with E-state index in [1.165, 1.54) is 0 Å². The normalized spacial score (nSPS) is 21.3. The zero-order valence-electron chi connectivity index (χ0n) is 10.3. The van der Waals surface area contributed by atoms with Crippen LogP contribution < -0.4 is 9.05 Å². The Bertz CT molecular complexity index is 644. The van der Waals surface area contributed by atoms with Crippen LogP contribution in [-0.2, 0) is 15.7 Å². The van der Waals surface area contributed by atoms with Gasteiger partial charge < -0.3 is 9.05 Å². The summed E-state index contributed by atoms with van der Waals surface area (Å²) in [5.74, 6) is 0.880. The van der Waals surface area contributed by atoms with Gasteiger partial charge in [0.1, 0.15) is 18.1 Å². The number of rotatable bonds is 2. The maximum Gasteiger partial charge on any atom is 0.588 e. The van der Waals surface area contributed by atoms with Crippen molar-refractivity contribution in [1.29, 1.82) is 0 Å². The number of hydrogen-bond acceptors (Lipinski definition) is 5. The molecule has 0 N–H and O–H groups in total. The van der Waals surface area contributed by atoms with E-state index in [0.717, 1.165) is 5.69 Å². The fourth-order valence-electron chi connectivity index (χ4n) is 1.73. The van der Waals surface area contributed by atoms with E-state index < -0.39 is 7.82 Å². The molecule has 5 nitrogen and oxygen atoms in total. The zero-order chi connectivity index (χ0) is 13.3. The number of aromatic nitrogens is 1. The molecule has 0 bridgehead atoms. The Labute approximate surface area is 110 Å². The third-order valence-electron chi connectivity index (χ3n) is 2.60. The van der Waals surface area contributed by atoms with Gasteiger partial charge in [0.05, 0.1) is 0 Å². The average molecular weight is 277 g/mol. The lowest BCUT2D eigenvalue weighted by Gasteiger charge is -2.24. The molecule has 19 heavy (non-hydrogen) atoms. The summed E-state index contributed by atoms with van der Waals surface area (Å²) in [7, 11) is -3.62. The Morgan fingerprint density at radius 1 is 1.21 bits per heavy atom. The van der Waals surface area contributed by atoms with Crippen molar-refractivity contribution in [1.82, 2.24) is 4.98 Å². The van der Waals surface area contributed by atoms with Crippen LogP contribution in [0.3, 0.4) is 0 Å². The first-order chi connectivity index (χ1) is 9.15. The van der Waals surface area contributed by atoms with Crippen LogP contribution in [0.2, 0.25) is 0 Å². The van der Waals surface area contributed by atoms with E-state index >= 15 is 0 Å². The predicted octanol–water partition coefficient (Wildman–Crippen LogP) is 3.49. The second-order valence-corrected chi connectivity index (χ2v) is 5.63. The molecule has 2 aromatic rings. The molecule has 0 aliphatic carbocycles. The molecule has 3 rings (SSSR count). The number of nitrogens with zero attached hydrogens (tertiary/aromatic N) is 1. The topological polar surface area (TPSA) is 57.7 Å². The first kappa shape index (κ1) is 12.2. The lowest BCUT2D eigenvalue weighted by molar-refractivity contribution is 0.178. The van der Waals surface area contributed by atoms with Gasteiger partial charge in [-0.25, -0.2) is 4.57 Å². The highest BCUT2D eigenvalue weighted by molar-refractivity contribution is 7.49. The standard InChI is InChI=1S/C13H12NO4P/c1-10-7-8-13-12(14-10)9-16-19(15,18-13)17-11-5-3-2-4-6-11/h2-8H,9H2,1H3. The summed E-state index contributed by atoms with van der Waals surface area (Å²) < 4.78 is 28.2. The second-order valence-electron chi connectivity index (χ2n) is 4.11. The summed E-state index contributed by atoms with van der Waals surface area (Å²) in [6, 6.07) is 12.3. The molecule has 0 saturated carbocycles. The Morgan fingerprint density at radius 2 is 2.00 bits per heavy atom.